The van der Waals surface area contributed by atoms with Crippen LogP contribution in [0.5, 0.6) is 0 Å². The van der Waals surface area contributed by atoms with Crippen molar-refractivity contribution >= 4 is 0 Å². The first kappa shape index (κ1) is 9.15. The molecule has 0 aliphatic rings. The maximum absolute atomic E-state index is 5.77. The summed E-state index contributed by atoms with van der Waals surface area (Å²) in [6.45, 7) is 2.48. The van der Waals surface area contributed by atoms with Crippen LogP contribution in [0.25, 0.3) is 0 Å². The Morgan fingerprint density at radius 3 is 2.67 bits per heavy atom. The van der Waals surface area contributed by atoms with E-state index >= 15 is 0 Å². The first-order valence-electron chi connectivity index (χ1n) is 3.80. The SMILES string of the molecule is Cc1noc(C(N)CN(C)C)n1. The Balaban J connectivity index is 2.58. The summed E-state index contributed by atoms with van der Waals surface area (Å²) in [5.41, 5.74) is 5.77. The number of likely N-dealkylation sites (N-methyl/N-ethyl adjacent to an activating group) is 1. The molecule has 1 heterocycles. The molecule has 0 aliphatic carbocycles. The van der Waals surface area contributed by atoms with Gasteiger partial charge in [0.1, 0.15) is 0 Å². The molecule has 1 unspecified atom stereocenters. The summed E-state index contributed by atoms with van der Waals surface area (Å²) in [7, 11) is 3.90. The quantitative estimate of drug-likeness (QED) is 0.688. The largest absolute Gasteiger partial charge is 0.338 e. The van der Waals surface area contributed by atoms with Gasteiger partial charge in [-0.1, -0.05) is 5.16 Å². The van der Waals surface area contributed by atoms with Crippen molar-refractivity contribution in [3.63, 3.8) is 0 Å². The number of hydrogen-bond donors (Lipinski definition) is 1. The van der Waals surface area contributed by atoms with Crippen LogP contribution in [0.3, 0.4) is 0 Å². The van der Waals surface area contributed by atoms with Crippen molar-refractivity contribution in [1.82, 2.24) is 15.0 Å². The van der Waals surface area contributed by atoms with E-state index in [0.717, 1.165) is 0 Å². The molecule has 0 amide bonds. The molecule has 5 heteroatoms. The Kier molecular flexibility index (Phi) is 2.78. The van der Waals surface area contributed by atoms with Gasteiger partial charge in [-0.25, -0.2) is 0 Å². The van der Waals surface area contributed by atoms with E-state index in [1.165, 1.54) is 0 Å². The van der Waals surface area contributed by atoms with Crippen molar-refractivity contribution in [2.24, 2.45) is 5.73 Å². The van der Waals surface area contributed by atoms with Crippen molar-refractivity contribution in [2.75, 3.05) is 20.6 Å². The number of nitrogens with two attached hydrogens (primary N) is 1. The predicted octanol–water partition coefficient (Wildman–Crippen LogP) is -0.0606. The summed E-state index contributed by atoms with van der Waals surface area (Å²) in [6.07, 6.45) is 0. The van der Waals surface area contributed by atoms with Gasteiger partial charge in [0.25, 0.3) is 0 Å². The van der Waals surface area contributed by atoms with Crippen LogP contribution in [-0.2, 0) is 0 Å². The Hall–Kier alpha value is -0.940. The van der Waals surface area contributed by atoms with Crippen LogP contribution in [0.4, 0.5) is 0 Å². The lowest BCUT2D eigenvalue weighted by molar-refractivity contribution is 0.305. The molecule has 2 N–H and O–H groups in total. The Labute approximate surface area is 71.5 Å². The number of rotatable bonds is 3. The summed E-state index contributed by atoms with van der Waals surface area (Å²) in [5.74, 6) is 1.13. The molecular weight excluding hydrogens is 156 g/mol. The summed E-state index contributed by atoms with van der Waals surface area (Å²) < 4.78 is 4.91. The highest BCUT2D eigenvalue weighted by molar-refractivity contribution is 4.90. The minimum atomic E-state index is -0.193. The van der Waals surface area contributed by atoms with Gasteiger partial charge in [0.2, 0.25) is 5.89 Å². The number of aromatic nitrogens is 2. The van der Waals surface area contributed by atoms with Gasteiger partial charge in [0.15, 0.2) is 5.82 Å². The van der Waals surface area contributed by atoms with E-state index in [9.17, 15) is 0 Å². The van der Waals surface area contributed by atoms with Crippen molar-refractivity contribution < 1.29 is 4.52 Å². The van der Waals surface area contributed by atoms with E-state index < -0.39 is 0 Å². The molecule has 0 radical (unpaired) electrons. The van der Waals surface area contributed by atoms with E-state index in [1.807, 2.05) is 19.0 Å². The molecule has 12 heavy (non-hydrogen) atoms. The highest BCUT2D eigenvalue weighted by Gasteiger charge is 2.13. The molecular formula is C7H14N4O. The Morgan fingerprint density at radius 2 is 2.25 bits per heavy atom. The van der Waals surface area contributed by atoms with Crippen molar-refractivity contribution in [1.29, 1.82) is 0 Å². The fourth-order valence-corrected chi connectivity index (χ4v) is 0.935. The number of aryl methyl sites for hydroxylation is 1. The molecule has 68 valence electrons. The summed E-state index contributed by atoms with van der Waals surface area (Å²) >= 11 is 0. The highest BCUT2D eigenvalue weighted by atomic mass is 16.5. The molecule has 1 atom stereocenters. The van der Waals surface area contributed by atoms with Crippen LogP contribution in [0.15, 0.2) is 4.52 Å². The van der Waals surface area contributed by atoms with Crippen molar-refractivity contribution in [3.8, 4) is 0 Å². The number of hydrogen-bond acceptors (Lipinski definition) is 5. The summed E-state index contributed by atoms with van der Waals surface area (Å²) in [4.78, 5) is 6.01. The molecule has 5 nitrogen and oxygen atoms in total. The zero-order chi connectivity index (χ0) is 9.14. The first-order valence-corrected chi connectivity index (χ1v) is 3.80. The Bertz CT molecular complexity index is 245. The molecule has 1 aromatic rings. The third kappa shape index (κ3) is 2.28. The second-order valence-electron chi connectivity index (χ2n) is 3.05. The normalized spacial score (nSPS) is 13.8. The fourth-order valence-electron chi connectivity index (χ4n) is 0.935. The zero-order valence-corrected chi connectivity index (χ0v) is 7.61. The molecule has 0 aromatic carbocycles. The van der Waals surface area contributed by atoms with Crippen LogP contribution in [-0.4, -0.2) is 35.7 Å². The van der Waals surface area contributed by atoms with Gasteiger partial charge in [-0.05, 0) is 21.0 Å². The predicted molar refractivity (Wildman–Crippen MR) is 44.5 cm³/mol. The molecule has 1 aromatic heterocycles. The maximum atomic E-state index is 5.77. The van der Waals surface area contributed by atoms with Gasteiger partial charge in [-0.2, -0.15) is 4.98 Å². The lowest BCUT2D eigenvalue weighted by Crippen LogP contribution is -2.26. The van der Waals surface area contributed by atoms with Crippen LogP contribution in [0, 0.1) is 6.92 Å². The molecule has 0 saturated carbocycles. The topological polar surface area (TPSA) is 68.2 Å². The van der Waals surface area contributed by atoms with E-state index in [0.29, 0.717) is 18.3 Å². The highest BCUT2D eigenvalue weighted by Crippen LogP contribution is 2.06. The molecule has 1 rings (SSSR count). The smallest absolute Gasteiger partial charge is 0.244 e. The second kappa shape index (κ2) is 3.64. The van der Waals surface area contributed by atoms with E-state index in [4.69, 9.17) is 10.3 Å². The first-order chi connectivity index (χ1) is 5.59. The molecule has 0 spiro atoms. The third-order valence-corrected chi connectivity index (χ3v) is 1.42. The molecule has 0 fully saturated rings. The summed E-state index contributed by atoms with van der Waals surface area (Å²) in [6, 6.07) is -0.193. The lowest BCUT2D eigenvalue weighted by atomic mass is 10.3. The van der Waals surface area contributed by atoms with Gasteiger partial charge in [-0.3, -0.25) is 0 Å². The van der Waals surface area contributed by atoms with E-state index in [-0.39, 0.29) is 6.04 Å². The van der Waals surface area contributed by atoms with Crippen LogP contribution in [0.1, 0.15) is 17.8 Å². The van der Waals surface area contributed by atoms with Gasteiger partial charge >= 0.3 is 0 Å². The minimum absolute atomic E-state index is 0.193. The van der Waals surface area contributed by atoms with Crippen LogP contribution < -0.4 is 5.73 Å². The molecule has 0 bridgehead atoms. The number of nitrogens with zero attached hydrogens (tertiary/aromatic N) is 3. The van der Waals surface area contributed by atoms with Crippen LogP contribution in [0.2, 0.25) is 0 Å². The average Bonchev–Trinajstić information content (AvgIpc) is 2.34. The maximum Gasteiger partial charge on any atom is 0.244 e. The van der Waals surface area contributed by atoms with Gasteiger partial charge in [0, 0.05) is 6.54 Å². The summed E-state index contributed by atoms with van der Waals surface area (Å²) in [5, 5.41) is 3.66. The van der Waals surface area contributed by atoms with Crippen molar-refractivity contribution in [2.45, 2.75) is 13.0 Å². The molecule has 0 aliphatic heterocycles. The zero-order valence-electron chi connectivity index (χ0n) is 7.61. The molecule has 0 saturated heterocycles. The monoisotopic (exact) mass is 170 g/mol. The van der Waals surface area contributed by atoms with Gasteiger partial charge in [-0.15, -0.1) is 0 Å². The Morgan fingerprint density at radius 1 is 1.58 bits per heavy atom. The van der Waals surface area contributed by atoms with Crippen molar-refractivity contribution in [3.05, 3.63) is 11.7 Å². The van der Waals surface area contributed by atoms with Gasteiger partial charge in [0.05, 0.1) is 6.04 Å². The van der Waals surface area contributed by atoms with E-state index in [1.54, 1.807) is 6.92 Å². The lowest BCUT2D eigenvalue weighted by Gasteiger charge is -2.12. The second-order valence-corrected chi connectivity index (χ2v) is 3.05. The fraction of sp³-hybridized carbons (Fsp3) is 0.714. The van der Waals surface area contributed by atoms with Crippen LogP contribution >= 0.6 is 0 Å². The van der Waals surface area contributed by atoms with E-state index in [2.05, 4.69) is 10.1 Å². The average molecular weight is 170 g/mol. The standard InChI is InChI=1S/C7H14N4O/c1-5-9-7(12-10-5)6(8)4-11(2)3/h6H,4,8H2,1-3H3. The van der Waals surface area contributed by atoms with Gasteiger partial charge < -0.3 is 15.2 Å². The minimum Gasteiger partial charge on any atom is -0.338 e. The third-order valence-electron chi connectivity index (χ3n) is 1.42.